The van der Waals surface area contributed by atoms with E-state index < -0.39 is 10.0 Å². The highest BCUT2D eigenvalue weighted by molar-refractivity contribution is 8.26. The van der Waals surface area contributed by atoms with E-state index in [1.165, 1.54) is 11.8 Å². The van der Waals surface area contributed by atoms with Crippen LogP contribution in [0.2, 0.25) is 0 Å². The fourth-order valence-corrected chi connectivity index (χ4v) is 7.52. The largest absolute Gasteiger partial charge is 0.293 e. The SMILES string of the molecule is CCN1C(=O)C(=Cc2cn(-c3ccccc3)nc2-c2cccc(S(=O)(=O)N3CCCCCC3)c2)SC1=S. The van der Waals surface area contributed by atoms with Gasteiger partial charge in [-0.05, 0) is 50.1 Å². The minimum absolute atomic E-state index is 0.131. The Labute approximate surface area is 227 Å². The highest BCUT2D eigenvalue weighted by Gasteiger charge is 2.31. The van der Waals surface area contributed by atoms with Gasteiger partial charge in [0.2, 0.25) is 10.0 Å². The summed E-state index contributed by atoms with van der Waals surface area (Å²) in [5.74, 6) is -0.131. The summed E-state index contributed by atoms with van der Waals surface area (Å²) in [6.07, 6.45) is 7.51. The molecule has 192 valence electrons. The first-order valence-electron chi connectivity index (χ1n) is 12.4. The van der Waals surface area contributed by atoms with Crippen LogP contribution in [-0.2, 0) is 14.8 Å². The van der Waals surface area contributed by atoms with Gasteiger partial charge in [-0.1, -0.05) is 67.2 Å². The zero-order valence-electron chi connectivity index (χ0n) is 20.5. The van der Waals surface area contributed by atoms with Gasteiger partial charge >= 0.3 is 0 Å². The zero-order valence-corrected chi connectivity index (χ0v) is 23.0. The summed E-state index contributed by atoms with van der Waals surface area (Å²) < 4.78 is 30.8. The maximum atomic E-state index is 13.5. The number of amides is 1. The summed E-state index contributed by atoms with van der Waals surface area (Å²) >= 11 is 6.65. The molecule has 10 heteroatoms. The molecule has 7 nitrogen and oxygen atoms in total. The van der Waals surface area contributed by atoms with Crippen LogP contribution >= 0.6 is 24.0 Å². The number of thioether (sulfide) groups is 1. The number of carbonyl (C=O) groups excluding carboxylic acids is 1. The lowest BCUT2D eigenvalue weighted by atomic mass is 10.1. The topological polar surface area (TPSA) is 75.5 Å². The monoisotopic (exact) mass is 552 g/mol. The maximum absolute atomic E-state index is 13.5. The molecular formula is C27H28N4O3S3. The molecule has 2 aromatic carbocycles. The van der Waals surface area contributed by atoms with Crippen LogP contribution in [0.5, 0.6) is 0 Å². The number of hydrogen-bond acceptors (Lipinski definition) is 6. The lowest BCUT2D eigenvalue weighted by Gasteiger charge is -2.20. The van der Waals surface area contributed by atoms with Crippen molar-refractivity contribution in [1.82, 2.24) is 19.0 Å². The normalized spacial score (nSPS) is 18.5. The van der Waals surface area contributed by atoms with Crippen molar-refractivity contribution in [2.45, 2.75) is 37.5 Å². The molecule has 2 aliphatic heterocycles. The Morgan fingerprint density at radius 3 is 2.43 bits per heavy atom. The van der Waals surface area contributed by atoms with Gasteiger partial charge in [-0.25, -0.2) is 13.1 Å². The number of likely N-dealkylation sites (N-methyl/N-ethyl adjacent to an activating group) is 1. The third-order valence-electron chi connectivity index (χ3n) is 6.55. The van der Waals surface area contributed by atoms with Crippen LogP contribution in [0.4, 0.5) is 0 Å². The molecule has 1 amide bonds. The van der Waals surface area contributed by atoms with E-state index in [0.717, 1.165) is 31.4 Å². The Morgan fingerprint density at radius 2 is 1.76 bits per heavy atom. The number of carbonyl (C=O) groups is 1. The van der Waals surface area contributed by atoms with Crippen molar-refractivity contribution in [3.05, 3.63) is 71.3 Å². The molecule has 2 saturated heterocycles. The molecule has 3 heterocycles. The van der Waals surface area contributed by atoms with E-state index in [-0.39, 0.29) is 10.8 Å². The van der Waals surface area contributed by atoms with Crippen LogP contribution in [0.1, 0.15) is 38.2 Å². The average Bonchev–Trinajstić information content (AvgIpc) is 3.30. The van der Waals surface area contributed by atoms with Crippen LogP contribution in [0.3, 0.4) is 0 Å². The van der Waals surface area contributed by atoms with Crippen molar-refractivity contribution in [2.75, 3.05) is 19.6 Å². The predicted octanol–water partition coefficient (Wildman–Crippen LogP) is 5.33. The Balaban J connectivity index is 1.59. The van der Waals surface area contributed by atoms with Gasteiger partial charge in [0, 0.05) is 37.0 Å². The molecule has 0 bridgehead atoms. The third-order valence-corrected chi connectivity index (χ3v) is 9.82. The van der Waals surface area contributed by atoms with E-state index in [9.17, 15) is 13.2 Å². The molecule has 0 spiro atoms. The molecule has 5 rings (SSSR count). The molecule has 0 atom stereocenters. The number of hydrogen-bond donors (Lipinski definition) is 0. The molecule has 3 aromatic rings. The second kappa shape index (κ2) is 10.9. The Bertz CT molecular complexity index is 1460. The van der Waals surface area contributed by atoms with Gasteiger partial charge in [0.15, 0.2) is 0 Å². The summed E-state index contributed by atoms with van der Waals surface area (Å²) in [4.78, 5) is 15.2. The van der Waals surface area contributed by atoms with Gasteiger partial charge in [0.1, 0.15) is 10.0 Å². The molecule has 2 fully saturated rings. The summed E-state index contributed by atoms with van der Waals surface area (Å²) in [5, 5.41) is 4.82. The van der Waals surface area contributed by atoms with Crippen LogP contribution in [0.15, 0.2) is 70.6 Å². The highest BCUT2D eigenvalue weighted by Crippen LogP contribution is 2.35. The number of nitrogens with zero attached hydrogens (tertiary/aromatic N) is 4. The predicted molar refractivity (Wildman–Crippen MR) is 152 cm³/mol. The van der Waals surface area contributed by atoms with E-state index >= 15 is 0 Å². The van der Waals surface area contributed by atoms with Gasteiger partial charge in [0.25, 0.3) is 5.91 Å². The minimum atomic E-state index is -3.62. The van der Waals surface area contributed by atoms with E-state index in [2.05, 4.69) is 0 Å². The Morgan fingerprint density at radius 1 is 1.03 bits per heavy atom. The van der Waals surface area contributed by atoms with Crippen LogP contribution in [0, 0.1) is 0 Å². The highest BCUT2D eigenvalue weighted by atomic mass is 32.2. The lowest BCUT2D eigenvalue weighted by Crippen LogP contribution is -2.31. The smallest absolute Gasteiger partial charge is 0.266 e. The second-order valence-corrected chi connectivity index (χ2v) is 12.6. The van der Waals surface area contributed by atoms with Crippen molar-refractivity contribution < 1.29 is 13.2 Å². The number of aromatic nitrogens is 2. The fraction of sp³-hybridized carbons (Fsp3) is 0.296. The van der Waals surface area contributed by atoms with Gasteiger partial charge < -0.3 is 0 Å². The zero-order chi connectivity index (χ0) is 26.0. The Hall–Kier alpha value is -2.79. The van der Waals surface area contributed by atoms with Crippen molar-refractivity contribution >= 4 is 50.3 Å². The standard InChI is InChI=1S/C27H28N4O3S3/c1-2-30-26(32)24(36-27(30)35)18-21-19-31(22-12-6-5-7-13-22)28-25(21)20-11-10-14-23(17-20)37(33,34)29-15-8-3-4-9-16-29/h5-7,10-14,17-19H,2-4,8-9,15-16H2,1H3. The van der Waals surface area contributed by atoms with Crippen LogP contribution in [-0.4, -0.2) is 57.3 Å². The molecule has 2 aliphatic rings. The molecule has 0 aliphatic carbocycles. The molecule has 0 saturated carbocycles. The van der Waals surface area contributed by atoms with Crippen LogP contribution in [0.25, 0.3) is 23.0 Å². The molecule has 37 heavy (non-hydrogen) atoms. The van der Waals surface area contributed by atoms with Crippen molar-refractivity contribution in [2.24, 2.45) is 0 Å². The number of para-hydroxylation sites is 1. The Kier molecular flexibility index (Phi) is 7.62. The molecule has 0 N–H and O–H groups in total. The quantitative estimate of drug-likeness (QED) is 0.304. The first-order chi connectivity index (χ1) is 17.9. The first kappa shape index (κ1) is 25.8. The maximum Gasteiger partial charge on any atom is 0.266 e. The molecule has 1 aromatic heterocycles. The second-order valence-electron chi connectivity index (χ2n) is 8.99. The lowest BCUT2D eigenvalue weighted by molar-refractivity contribution is -0.121. The summed E-state index contributed by atoms with van der Waals surface area (Å²) in [6.45, 7) is 3.48. The summed E-state index contributed by atoms with van der Waals surface area (Å²) in [5.41, 5.74) is 2.84. The van der Waals surface area contributed by atoms with Gasteiger partial charge in [0.05, 0.1) is 15.5 Å². The van der Waals surface area contributed by atoms with Gasteiger partial charge in [-0.3, -0.25) is 9.69 Å². The third kappa shape index (κ3) is 5.29. The number of benzene rings is 2. The number of sulfonamides is 1. The first-order valence-corrected chi connectivity index (χ1v) is 15.1. The molecule has 0 unspecified atom stereocenters. The van der Waals surface area contributed by atoms with E-state index in [1.807, 2.05) is 49.5 Å². The number of rotatable bonds is 6. The summed E-state index contributed by atoms with van der Waals surface area (Å²) in [6, 6.07) is 16.6. The number of thiocarbonyl (C=S) groups is 1. The average molecular weight is 553 g/mol. The van der Waals surface area contributed by atoms with Crippen molar-refractivity contribution in [3.63, 3.8) is 0 Å². The van der Waals surface area contributed by atoms with Crippen molar-refractivity contribution in [1.29, 1.82) is 0 Å². The van der Waals surface area contributed by atoms with E-state index in [4.69, 9.17) is 17.3 Å². The molecule has 0 radical (unpaired) electrons. The van der Waals surface area contributed by atoms with Crippen LogP contribution < -0.4 is 0 Å². The summed E-state index contributed by atoms with van der Waals surface area (Å²) in [7, 11) is -3.62. The van der Waals surface area contributed by atoms with E-state index in [0.29, 0.717) is 45.7 Å². The van der Waals surface area contributed by atoms with E-state index in [1.54, 1.807) is 38.2 Å². The minimum Gasteiger partial charge on any atom is -0.293 e. The van der Waals surface area contributed by atoms with Gasteiger partial charge in [-0.2, -0.15) is 9.40 Å². The van der Waals surface area contributed by atoms with Crippen molar-refractivity contribution in [3.8, 4) is 16.9 Å². The van der Waals surface area contributed by atoms with Gasteiger partial charge in [-0.15, -0.1) is 0 Å². The fourth-order valence-electron chi connectivity index (χ4n) is 4.58. The molecular weight excluding hydrogens is 525 g/mol.